The summed E-state index contributed by atoms with van der Waals surface area (Å²) in [7, 11) is 2.08. The molecule has 0 radical (unpaired) electrons. The van der Waals surface area contributed by atoms with Gasteiger partial charge in [-0.15, -0.1) is 0 Å². The molecule has 3 aromatic rings. The van der Waals surface area contributed by atoms with Crippen molar-refractivity contribution in [3.63, 3.8) is 0 Å². The van der Waals surface area contributed by atoms with Gasteiger partial charge in [0, 0.05) is 18.3 Å². The Bertz CT molecular complexity index is 1170. The third-order valence-electron chi connectivity index (χ3n) is 6.63. The molecule has 0 bridgehead atoms. The van der Waals surface area contributed by atoms with Crippen LogP contribution in [0, 0.1) is 0 Å². The number of urea groups is 1. The number of nitrogens with two attached hydrogens (primary N) is 1. The SMILES string of the molecule is CC(CCN(C)CC1CCC(n2cnc3c(N)ncnc32)O1)NC(=O)Nc1ccc(C(C)(C)C)cc1. The molecule has 2 amide bonds. The van der Waals surface area contributed by atoms with Gasteiger partial charge in [-0.1, -0.05) is 32.9 Å². The zero-order chi connectivity index (χ0) is 25.9. The first-order chi connectivity index (χ1) is 17.1. The van der Waals surface area contributed by atoms with Crippen LogP contribution in [0.25, 0.3) is 11.2 Å². The highest BCUT2D eigenvalue weighted by atomic mass is 16.5. The molecule has 1 aliphatic rings. The Balaban J connectivity index is 1.19. The molecule has 10 heteroatoms. The van der Waals surface area contributed by atoms with Crippen molar-refractivity contribution in [2.45, 2.75) is 70.7 Å². The lowest BCUT2D eigenvalue weighted by molar-refractivity contribution is -0.00869. The normalized spacial score (nSPS) is 19.1. The van der Waals surface area contributed by atoms with Crippen LogP contribution in [0.5, 0.6) is 0 Å². The monoisotopic (exact) mass is 494 g/mol. The van der Waals surface area contributed by atoms with Gasteiger partial charge in [-0.05, 0) is 62.9 Å². The third-order valence-corrected chi connectivity index (χ3v) is 6.63. The minimum absolute atomic E-state index is 0.0426. The zero-order valence-corrected chi connectivity index (χ0v) is 21.9. The van der Waals surface area contributed by atoms with E-state index in [4.69, 9.17) is 10.5 Å². The maximum atomic E-state index is 12.4. The minimum Gasteiger partial charge on any atom is -0.382 e. The second-order valence-electron chi connectivity index (χ2n) is 10.8. The number of hydrogen-bond acceptors (Lipinski definition) is 7. The van der Waals surface area contributed by atoms with Gasteiger partial charge in [0.25, 0.3) is 0 Å². The zero-order valence-electron chi connectivity index (χ0n) is 21.9. The first kappa shape index (κ1) is 25.8. The lowest BCUT2D eigenvalue weighted by atomic mass is 9.87. The van der Waals surface area contributed by atoms with Crippen LogP contribution in [0.2, 0.25) is 0 Å². The summed E-state index contributed by atoms with van der Waals surface area (Å²) >= 11 is 0. The van der Waals surface area contributed by atoms with E-state index < -0.39 is 0 Å². The molecule has 10 nitrogen and oxygen atoms in total. The number of anilines is 2. The molecule has 2 aromatic heterocycles. The smallest absolute Gasteiger partial charge is 0.319 e. The number of hydrogen-bond donors (Lipinski definition) is 3. The highest BCUT2D eigenvalue weighted by Gasteiger charge is 2.29. The van der Waals surface area contributed by atoms with E-state index in [0.29, 0.717) is 17.0 Å². The van der Waals surface area contributed by atoms with E-state index in [1.54, 1.807) is 6.33 Å². The first-order valence-corrected chi connectivity index (χ1v) is 12.5. The molecule has 4 rings (SSSR count). The Hall–Kier alpha value is -3.24. The number of benzene rings is 1. The minimum atomic E-state index is -0.187. The van der Waals surface area contributed by atoms with Crippen LogP contribution in [0.1, 0.15) is 58.7 Å². The number of nitrogens with one attached hydrogen (secondary N) is 2. The van der Waals surface area contributed by atoms with Gasteiger partial charge >= 0.3 is 6.03 Å². The van der Waals surface area contributed by atoms with Gasteiger partial charge in [-0.3, -0.25) is 4.57 Å². The van der Waals surface area contributed by atoms with Crippen molar-refractivity contribution in [2.75, 3.05) is 31.2 Å². The summed E-state index contributed by atoms with van der Waals surface area (Å²) < 4.78 is 8.23. The predicted molar refractivity (Wildman–Crippen MR) is 142 cm³/mol. The number of aromatic nitrogens is 4. The summed E-state index contributed by atoms with van der Waals surface area (Å²) in [6.07, 6.45) is 5.88. The fourth-order valence-electron chi connectivity index (χ4n) is 4.48. The topological polar surface area (TPSA) is 123 Å². The molecule has 0 aliphatic carbocycles. The van der Waals surface area contributed by atoms with E-state index >= 15 is 0 Å². The van der Waals surface area contributed by atoms with E-state index in [2.05, 4.69) is 70.4 Å². The molecule has 3 atom stereocenters. The highest BCUT2D eigenvalue weighted by molar-refractivity contribution is 5.89. The molecule has 194 valence electrons. The predicted octanol–water partition coefficient (Wildman–Crippen LogP) is 3.92. The summed E-state index contributed by atoms with van der Waals surface area (Å²) in [6.45, 7) is 10.2. The van der Waals surface area contributed by atoms with Gasteiger partial charge in [0.15, 0.2) is 11.5 Å². The van der Waals surface area contributed by atoms with E-state index in [9.17, 15) is 4.79 Å². The molecule has 1 aromatic carbocycles. The third kappa shape index (κ3) is 6.30. The lowest BCUT2D eigenvalue weighted by Crippen LogP contribution is -2.39. The number of nitrogens with zero attached hydrogens (tertiary/aromatic N) is 5. The van der Waals surface area contributed by atoms with Crippen molar-refractivity contribution < 1.29 is 9.53 Å². The largest absolute Gasteiger partial charge is 0.382 e. The van der Waals surface area contributed by atoms with Crippen molar-refractivity contribution in [3.8, 4) is 0 Å². The molecule has 0 spiro atoms. The van der Waals surface area contributed by atoms with Gasteiger partial charge in [0.05, 0.1) is 12.4 Å². The Labute approximate surface area is 212 Å². The number of carbonyl (C=O) groups excluding carboxylic acids is 1. The highest BCUT2D eigenvalue weighted by Crippen LogP contribution is 2.31. The van der Waals surface area contributed by atoms with Gasteiger partial charge in [0.2, 0.25) is 0 Å². The average Bonchev–Trinajstić information content (AvgIpc) is 3.45. The van der Waals surface area contributed by atoms with Crippen LogP contribution in [-0.4, -0.2) is 62.7 Å². The first-order valence-electron chi connectivity index (χ1n) is 12.5. The number of nitrogen functional groups attached to an aromatic ring is 1. The van der Waals surface area contributed by atoms with Gasteiger partial charge in [-0.25, -0.2) is 19.7 Å². The van der Waals surface area contributed by atoms with Crippen LogP contribution in [0.4, 0.5) is 16.3 Å². The van der Waals surface area contributed by atoms with Gasteiger partial charge < -0.3 is 26.0 Å². The number of rotatable bonds is 8. The fourth-order valence-corrected chi connectivity index (χ4v) is 4.48. The van der Waals surface area contributed by atoms with E-state index in [1.807, 2.05) is 23.6 Å². The summed E-state index contributed by atoms with van der Waals surface area (Å²) in [4.78, 5) is 27.3. The molecule has 1 fully saturated rings. The molecule has 1 saturated heterocycles. The van der Waals surface area contributed by atoms with Crippen LogP contribution in [0.3, 0.4) is 0 Å². The number of imidazole rings is 1. The summed E-state index contributed by atoms with van der Waals surface area (Å²) in [5.74, 6) is 0.378. The summed E-state index contributed by atoms with van der Waals surface area (Å²) in [5, 5.41) is 5.95. The van der Waals surface area contributed by atoms with E-state index in [0.717, 1.165) is 38.0 Å². The average molecular weight is 495 g/mol. The second kappa shape index (κ2) is 10.8. The van der Waals surface area contributed by atoms with Crippen molar-refractivity contribution in [3.05, 3.63) is 42.5 Å². The maximum Gasteiger partial charge on any atom is 0.319 e. The van der Waals surface area contributed by atoms with Crippen molar-refractivity contribution in [2.24, 2.45) is 0 Å². The van der Waals surface area contributed by atoms with Crippen LogP contribution in [-0.2, 0) is 10.2 Å². The fraction of sp³-hybridized carbons (Fsp3) is 0.538. The van der Waals surface area contributed by atoms with Gasteiger partial charge in [-0.2, -0.15) is 0 Å². The van der Waals surface area contributed by atoms with Crippen LogP contribution in [0.15, 0.2) is 36.9 Å². The number of likely N-dealkylation sites (N-methyl/N-ethyl adjacent to an activating group) is 1. The Morgan fingerprint density at radius 2 is 1.97 bits per heavy atom. The van der Waals surface area contributed by atoms with Crippen molar-refractivity contribution in [1.29, 1.82) is 0 Å². The lowest BCUT2D eigenvalue weighted by Gasteiger charge is -2.23. The van der Waals surface area contributed by atoms with Crippen LogP contribution >= 0.6 is 0 Å². The number of amides is 2. The van der Waals surface area contributed by atoms with Gasteiger partial charge in [0.1, 0.15) is 18.1 Å². The molecule has 0 saturated carbocycles. The standard InChI is InChI=1S/C26H38N8O2/c1-17(31-25(35)32-19-8-6-18(7-9-19)26(2,3)4)12-13-33(5)14-20-10-11-21(36-20)34-16-30-22-23(27)28-15-29-24(22)34/h6-9,15-17,20-21H,10-14H2,1-5H3,(H2,27,28,29)(H2,31,32,35). The molecule has 3 heterocycles. The van der Waals surface area contributed by atoms with Crippen molar-refractivity contribution in [1.82, 2.24) is 29.7 Å². The Morgan fingerprint density at radius 3 is 2.69 bits per heavy atom. The number of carbonyl (C=O) groups is 1. The quantitative estimate of drug-likeness (QED) is 0.434. The second-order valence-corrected chi connectivity index (χ2v) is 10.8. The Morgan fingerprint density at radius 1 is 1.22 bits per heavy atom. The molecule has 4 N–H and O–H groups in total. The summed E-state index contributed by atoms with van der Waals surface area (Å²) in [6, 6.07) is 7.86. The maximum absolute atomic E-state index is 12.4. The molecule has 36 heavy (non-hydrogen) atoms. The number of fused-ring (bicyclic) bond motifs is 1. The molecule has 3 unspecified atom stereocenters. The summed E-state index contributed by atoms with van der Waals surface area (Å²) in [5.41, 5.74) is 9.32. The molecular weight excluding hydrogens is 456 g/mol. The Kier molecular flexibility index (Phi) is 7.75. The molecular formula is C26H38N8O2. The van der Waals surface area contributed by atoms with E-state index in [-0.39, 0.29) is 29.8 Å². The number of ether oxygens (including phenoxy) is 1. The van der Waals surface area contributed by atoms with E-state index in [1.165, 1.54) is 11.9 Å². The molecule has 1 aliphatic heterocycles. The van der Waals surface area contributed by atoms with Crippen LogP contribution < -0.4 is 16.4 Å². The van der Waals surface area contributed by atoms with Crippen molar-refractivity contribution >= 4 is 28.7 Å².